The number of nitrogens with zero attached hydrogens (tertiary/aromatic N) is 4. The highest BCUT2D eigenvalue weighted by Crippen LogP contribution is 2.16. The van der Waals surface area contributed by atoms with Crippen LogP contribution in [0.15, 0.2) is 48.7 Å². The van der Waals surface area contributed by atoms with Crippen molar-refractivity contribution < 1.29 is 14.6 Å². The summed E-state index contributed by atoms with van der Waals surface area (Å²) in [5, 5.41) is 16.1. The monoisotopic (exact) mass is 325 g/mol. The Morgan fingerprint density at radius 1 is 1.25 bits per heavy atom. The van der Waals surface area contributed by atoms with Gasteiger partial charge in [0, 0.05) is 25.1 Å². The lowest BCUT2D eigenvalue weighted by atomic mass is 10.3. The van der Waals surface area contributed by atoms with Crippen LogP contribution in [0.3, 0.4) is 0 Å². The van der Waals surface area contributed by atoms with E-state index in [9.17, 15) is 4.79 Å². The summed E-state index contributed by atoms with van der Waals surface area (Å²) in [6.45, 7) is 0.298. The van der Waals surface area contributed by atoms with Crippen LogP contribution in [-0.4, -0.2) is 37.9 Å². The third-order valence-corrected chi connectivity index (χ3v) is 3.13. The van der Waals surface area contributed by atoms with Crippen LogP contribution in [0, 0.1) is 0 Å². The maximum Gasteiger partial charge on any atom is 0.356 e. The summed E-state index contributed by atoms with van der Waals surface area (Å²) < 4.78 is 6.51. The Balaban J connectivity index is 1.97. The molecule has 122 valence electrons. The van der Waals surface area contributed by atoms with Gasteiger partial charge in [-0.2, -0.15) is 10.1 Å². The number of ether oxygens (including phenoxy) is 1. The van der Waals surface area contributed by atoms with Crippen molar-refractivity contribution in [3.8, 4) is 5.82 Å². The first-order valence-electron chi connectivity index (χ1n) is 7.14. The molecule has 1 aromatic carbocycles. The Labute approximate surface area is 137 Å². The molecule has 8 nitrogen and oxygen atoms in total. The molecule has 0 fully saturated rings. The van der Waals surface area contributed by atoms with E-state index in [1.54, 1.807) is 13.2 Å². The van der Waals surface area contributed by atoms with E-state index in [2.05, 4.69) is 20.4 Å². The second kappa shape index (κ2) is 6.88. The summed E-state index contributed by atoms with van der Waals surface area (Å²) >= 11 is 0. The zero-order valence-electron chi connectivity index (χ0n) is 12.9. The van der Waals surface area contributed by atoms with Gasteiger partial charge in [-0.25, -0.2) is 14.5 Å². The summed E-state index contributed by atoms with van der Waals surface area (Å²) in [6.07, 6.45) is 1.54. The number of anilines is 2. The highest BCUT2D eigenvalue weighted by molar-refractivity contribution is 5.85. The number of carboxylic acid groups (broad SMARTS) is 1. The zero-order valence-corrected chi connectivity index (χ0v) is 12.9. The number of methoxy groups -OCH3 is 1. The first kappa shape index (κ1) is 15.6. The molecule has 8 heteroatoms. The van der Waals surface area contributed by atoms with Crippen LogP contribution in [0.25, 0.3) is 5.82 Å². The summed E-state index contributed by atoms with van der Waals surface area (Å²) in [5.74, 6) is -0.274. The molecule has 24 heavy (non-hydrogen) atoms. The number of aromatic nitrogens is 4. The maximum atomic E-state index is 11.0. The van der Waals surface area contributed by atoms with E-state index in [-0.39, 0.29) is 5.69 Å². The van der Waals surface area contributed by atoms with Gasteiger partial charge >= 0.3 is 5.97 Å². The van der Waals surface area contributed by atoms with Gasteiger partial charge in [0.05, 0.1) is 12.3 Å². The van der Waals surface area contributed by atoms with E-state index < -0.39 is 5.97 Å². The van der Waals surface area contributed by atoms with E-state index in [1.165, 1.54) is 16.9 Å². The first-order valence-corrected chi connectivity index (χ1v) is 7.14. The van der Waals surface area contributed by atoms with Crippen molar-refractivity contribution in [3.63, 3.8) is 0 Å². The second-order valence-corrected chi connectivity index (χ2v) is 4.92. The number of para-hydroxylation sites is 1. The van der Waals surface area contributed by atoms with Gasteiger partial charge in [-0.05, 0) is 18.2 Å². The summed E-state index contributed by atoms with van der Waals surface area (Å²) in [5.41, 5.74) is 1.43. The largest absolute Gasteiger partial charge is 0.476 e. The minimum Gasteiger partial charge on any atom is -0.476 e. The third kappa shape index (κ3) is 3.55. The van der Waals surface area contributed by atoms with Crippen LogP contribution in [-0.2, 0) is 11.3 Å². The fourth-order valence-corrected chi connectivity index (χ4v) is 2.09. The molecule has 2 aromatic heterocycles. The van der Waals surface area contributed by atoms with Gasteiger partial charge in [0.15, 0.2) is 11.5 Å². The SMILES string of the molecule is COCc1cc(-n2ccc(C(=O)O)n2)nc(Nc2ccccc2)n1. The molecule has 3 rings (SSSR count). The average molecular weight is 325 g/mol. The van der Waals surface area contributed by atoms with Crippen LogP contribution in [0.4, 0.5) is 11.6 Å². The number of benzene rings is 1. The fraction of sp³-hybridized carbons (Fsp3) is 0.125. The van der Waals surface area contributed by atoms with Crippen molar-refractivity contribution in [1.29, 1.82) is 0 Å². The molecule has 3 aromatic rings. The predicted molar refractivity (Wildman–Crippen MR) is 86.6 cm³/mol. The van der Waals surface area contributed by atoms with Gasteiger partial charge in [-0.3, -0.25) is 0 Å². The molecule has 0 aliphatic carbocycles. The standard InChI is InChI=1S/C16H15N5O3/c1-24-10-12-9-14(21-8-7-13(20-21)15(22)23)19-16(18-12)17-11-5-3-2-4-6-11/h2-9H,10H2,1H3,(H,22,23)(H,17,18,19). The van der Waals surface area contributed by atoms with Gasteiger partial charge in [0.2, 0.25) is 5.95 Å². The summed E-state index contributed by atoms with van der Waals surface area (Å²) in [7, 11) is 1.57. The lowest BCUT2D eigenvalue weighted by Crippen LogP contribution is -2.08. The lowest BCUT2D eigenvalue weighted by molar-refractivity contribution is 0.0690. The number of aromatic carboxylic acids is 1. The lowest BCUT2D eigenvalue weighted by Gasteiger charge is -2.09. The molecule has 0 atom stereocenters. The van der Waals surface area contributed by atoms with E-state index in [4.69, 9.17) is 9.84 Å². The molecule has 0 aliphatic heterocycles. The Morgan fingerprint density at radius 3 is 2.71 bits per heavy atom. The minimum absolute atomic E-state index is 0.0560. The number of hydrogen-bond donors (Lipinski definition) is 2. The van der Waals surface area contributed by atoms with Crippen LogP contribution < -0.4 is 5.32 Å². The van der Waals surface area contributed by atoms with Crippen molar-refractivity contribution in [2.24, 2.45) is 0 Å². The van der Waals surface area contributed by atoms with Gasteiger partial charge in [0.1, 0.15) is 0 Å². The molecule has 0 unspecified atom stereocenters. The van der Waals surface area contributed by atoms with Crippen molar-refractivity contribution in [2.75, 3.05) is 12.4 Å². The molecule has 0 saturated carbocycles. The molecular formula is C16H15N5O3. The van der Waals surface area contributed by atoms with E-state index in [1.807, 2.05) is 30.3 Å². The second-order valence-electron chi connectivity index (χ2n) is 4.92. The van der Waals surface area contributed by atoms with Gasteiger partial charge in [-0.15, -0.1) is 0 Å². The molecule has 0 aliphatic rings. The third-order valence-electron chi connectivity index (χ3n) is 3.13. The number of nitrogens with one attached hydrogen (secondary N) is 1. The quantitative estimate of drug-likeness (QED) is 0.716. The van der Waals surface area contributed by atoms with Crippen molar-refractivity contribution >= 4 is 17.6 Å². The molecule has 2 heterocycles. The van der Waals surface area contributed by atoms with Gasteiger partial charge in [0.25, 0.3) is 0 Å². The minimum atomic E-state index is -1.09. The summed E-state index contributed by atoms with van der Waals surface area (Å²) in [4.78, 5) is 19.7. The fourth-order valence-electron chi connectivity index (χ4n) is 2.09. The normalized spacial score (nSPS) is 10.5. The molecular weight excluding hydrogens is 310 g/mol. The van der Waals surface area contributed by atoms with Crippen LogP contribution in [0.1, 0.15) is 16.2 Å². The average Bonchev–Trinajstić information content (AvgIpc) is 3.06. The smallest absolute Gasteiger partial charge is 0.356 e. The molecule has 2 N–H and O–H groups in total. The zero-order chi connectivity index (χ0) is 16.9. The van der Waals surface area contributed by atoms with Crippen molar-refractivity contribution in [2.45, 2.75) is 6.61 Å². The highest BCUT2D eigenvalue weighted by atomic mass is 16.5. The van der Waals surface area contributed by atoms with Crippen LogP contribution in [0.2, 0.25) is 0 Å². The number of carbonyl (C=O) groups is 1. The Kier molecular flexibility index (Phi) is 4.48. The van der Waals surface area contributed by atoms with Crippen molar-refractivity contribution in [1.82, 2.24) is 19.7 Å². The highest BCUT2D eigenvalue weighted by Gasteiger charge is 2.11. The topological polar surface area (TPSA) is 102 Å². The number of rotatable bonds is 6. The Hall–Kier alpha value is -3.26. The Bertz CT molecular complexity index is 848. The van der Waals surface area contributed by atoms with E-state index in [0.29, 0.717) is 24.1 Å². The van der Waals surface area contributed by atoms with Gasteiger partial charge in [-0.1, -0.05) is 18.2 Å². The first-order chi connectivity index (χ1) is 11.7. The molecule has 0 spiro atoms. The molecule has 0 amide bonds. The Morgan fingerprint density at radius 2 is 2.04 bits per heavy atom. The summed E-state index contributed by atoms with van der Waals surface area (Å²) in [6, 6.07) is 12.6. The maximum absolute atomic E-state index is 11.0. The number of carboxylic acids is 1. The molecule has 0 saturated heterocycles. The van der Waals surface area contributed by atoms with Crippen molar-refractivity contribution in [3.05, 3.63) is 60.0 Å². The predicted octanol–water partition coefficient (Wildman–Crippen LogP) is 2.25. The van der Waals surface area contributed by atoms with Crippen LogP contribution in [0.5, 0.6) is 0 Å². The van der Waals surface area contributed by atoms with E-state index >= 15 is 0 Å². The van der Waals surface area contributed by atoms with Gasteiger partial charge < -0.3 is 15.2 Å². The molecule has 0 radical (unpaired) electrons. The van der Waals surface area contributed by atoms with Crippen LogP contribution >= 0.6 is 0 Å². The van der Waals surface area contributed by atoms with E-state index in [0.717, 1.165) is 5.69 Å². The molecule has 0 bridgehead atoms. The number of hydrogen-bond acceptors (Lipinski definition) is 6.